The highest BCUT2D eigenvalue weighted by atomic mass is 16.2. The van der Waals surface area contributed by atoms with Crippen molar-refractivity contribution in [1.82, 2.24) is 9.78 Å². The van der Waals surface area contributed by atoms with Crippen LogP contribution in [0.1, 0.15) is 40.9 Å². The molecule has 1 aliphatic rings. The second-order valence-corrected chi connectivity index (χ2v) is 6.50. The second-order valence-electron chi connectivity index (χ2n) is 6.50. The number of hydrogen-bond donors (Lipinski definition) is 0. The highest BCUT2D eigenvalue weighted by molar-refractivity contribution is 5.95. The van der Waals surface area contributed by atoms with Crippen molar-refractivity contribution in [2.45, 2.75) is 46.5 Å². The fourth-order valence-electron chi connectivity index (χ4n) is 3.64. The maximum atomic E-state index is 12.8. The Kier molecular flexibility index (Phi) is 4.24. The fraction of sp³-hybridized carbons (Fsp3) is 0.474. The maximum absolute atomic E-state index is 12.8. The van der Waals surface area contributed by atoms with E-state index in [4.69, 9.17) is 0 Å². The molecular weight excluding hydrogens is 286 g/mol. The number of carbonyl (C=O) groups is 1. The van der Waals surface area contributed by atoms with Gasteiger partial charge in [-0.15, -0.1) is 0 Å². The zero-order chi connectivity index (χ0) is 16.6. The number of aromatic nitrogens is 2. The van der Waals surface area contributed by atoms with E-state index in [1.165, 1.54) is 16.7 Å². The fourth-order valence-corrected chi connectivity index (χ4v) is 3.64. The first-order valence-corrected chi connectivity index (χ1v) is 8.37. The van der Waals surface area contributed by atoms with E-state index in [1.807, 2.05) is 23.6 Å². The van der Waals surface area contributed by atoms with Crippen molar-refractivity contribution in [2.75, 3.05) is 11.4 Å². The Morgan fingerprint density at radius 1 is 1.26 bits per heavy atom. The number of amides is 1. The topological polar surface area (TPSA) is 38.1 Å². The molecule has 2 heterocycles. The molecule has 0 radical (unpaired) electrons. The number of benzene rings is 1. The molecule has 0 unspecified atom stereocenters. The number of nitrogens with zero attached hydrogens (tertiary/aromatic N) is 3. The minimum atomic E-state index is 0.225. The van der Waals surface area contributed by atoms with Crippen LogP contribution in [0.5, 0.6) is 0 Å². The Bertz CT molecular complexity index is 745. The molecule has 0 N–H and O–H groups in total. The first-order valence-electron chi connectivity index (χ1n) is 8.37. The number of hydrogen-bond acceptors (Lipinski definition) is 2. The van der Waals surface area contributed by atoms with Crippen LogP contribution < -0.4 is 4.90 Å². The Labute approximate surface area is 138 Å². The van der Waals surface area contributed by atoms with Crippen LogP contribution in [0.3, 0.4) is 0 Å². The molecule has 0 bridgehead atoms. The molecule has 1 aromatic heterocycles. The van der Waals surface area contributed by atoms with Crippen molar-refractivity contribution in [1.29, 1.82) is 0 Å². The Morgan fingerprint density at radius 3 is 2.74 bits per heavy atom. The SMILES string of the molecule is Cc1cccc2c1N(C(=O)CCc1c(C)nn(C)c1C)CCC2. The third-order valence-electron chi connectivity index (χ3n) is 4.97. The summed E-state index contributed by atoms with van der Waals surface area (Å²) in [5, 5.41) is 4.44. The molecule has 4 heteroatoms. The largest absolute Gasteiger partial charge is 0.312 e. The first kappa shape index (κ1) is 15.8. The van der Waals surface area contributed by atoms with E-state index in [1.54, 1.807) is 0 Å². The van der Waals surface area contributed by atoms with Gasteiger partial charge in [-0.25, -0.2) is 0 Å². The van der Waals surface area contributed by atoms with Gasteiger partial charge in [-0.2, -0.15) is 5.10 Å². The lowest BCUT2D eigenvalue weighted by atomic mass is 9.97. The van der Waals surface area contributed by atoms with E-state index in [0.717, 1.165) is 42.9 Å². The Balaban J connectivity index is 1.78. The number of rotatable bonds is 3. The lowest BCUT2D eigenvalue weighted by Gasteiger charge is -2.31. The second kappa shape index (κ2) is 6.19. The van der Waals surface area contributed by atoms with E-state index in [9.17, 15) is 4.79 Å². The number of para-hydroxylation sites is 1. The summed E-state index contributed by atoms with van der Waals surface area (Å²) in [6.07, 6.45) is 3.43. The highest BCUT2D eigenvalue weighted by Gasteiger charge is 2.24. The lowest BCUT2D eigenvalue weighted by Crippen LogP contribution is -2.36. The van der Waals surface area contributed by atoms with Crippen LogP contribution in [0.25, 0.3) is 0 Å². The van der Waals surface area contributed by atoms with Crippen molar-refractivity contribution >= 4 is 11.6 Å². The zero-order valence-electron chi connectivity index (χ0n) is 14.5. The van der Waals surface area contributed by atoms with Gasteiger partial charge in [-0.3, -0.25) is 9.48 Å². The molecule has 122 valence electrons. The molecular formula is C19H25N3O. The summed E-state index contributed by atoms with van der Waals surface area (Å²) in [6.45, 7) is 7.02. The summed E-state index contributed by atoms with van der Waals surface area (Å²) in [5.41, 5.74) is 7.05. The standard InChI is InChI=1S/C19H25N3O/c1-13-7-5-8-16-9-6-12-22(19(13)16)18(23)11-10-17-14(2)20-21(4)15(17)3/h5,7-8H,6,9-12H2,1-4H3. The normalized spacial score (nSPS) is 14.0. The molecule has 23 heavy (non-hydrogen) atoms. The average Bonchev–Trinajstić information content (AvgIpc) is 2.77. The van der Waals surface area contributed by atoms with Gasteiger partial charge in [-0.1, -0.05) is 18.2 Å². The highest BCUT2D eigenvalue weighted by Crippen LogP contribution is 2.31. The summed E-state index contributed by atoms with van der Waals surface area (Å²) < 4.78 is 1.90. The zero-order valence-corrected chi connectivity index (χ0v) is 14.5. The third-order valence-corrected chi connectivity index (χ3v) is 4.97. The van der Waals surface area contributed by atoms with Crippen molar-refractivity contribution < 1.29 is 4.79 Å². The van der Waals surface area contributed by atoms with Crippen LogP contribution >= 0.6 is 0 Å². The van der Waals surface area contributed by atoms with Crippen LogP contribution in [-0.2, 0) is 24.7 Å². The van der Waals surface area contributed by atoms with Crippen LogP contribution in [-0.4, -0.2) is 22.2 Å². The van der Waals surface area contributed by atoms with Gasteiger partial charge in [0.1, 0.15) is 0 Å². The molecule has 1 aromatic carbocycles. The number of anilines is 1. The number of carbonyl (C=O) groups excluding carboxylic acids is 1. The minimum Gasteiger partial charge on any atom is -0.312 e. The van der Waals surface area contributed by atoms with Gasteiger partial charge in [0, 0.05) is 31.4 Å². The molecule has 0 saturated carbocycles. The molecule has 0 saturated heterocycles. The van der Waals surface area contributed by atoms with Gasteiger partial charge in [0.15, 0.2) is 0 Å². The van der Waals surface area contributed by atoms with E-state index < -0.39 is 0 Å². The molecule has 1 amide bonds. The van der Waals surface area contributed by atoms with Crippen molar-refractivity contribution in [2.24, 2.45) is 7.05 Å². The van der Waals surface area contributed by atoms with Gasteiger partial charge in [0.25, 0.3) is 0 Å². The number of fused-ring (bicyclic) bond motifs is 1. The molecule has 0 fully saturated rings. The van der Waals surface area contributed by atoms with E-state index in [0.29, 0.717) is 6.42 Å². The van der Waals surface area contributed by atoms with Crippen LogP contribution in [0.4, 0.5) is 5.69 Å². The van der Waals surface area contributed by atoms with E-state index >= 15 is 0 Å². The van der Waals surface area contributed by atoms with Gasteiger partial charge < -0.3 is 4.90 Å². The third kappa shape index (κ3) is 2.90. The first-order chi connectivity index (χ1) is 11.0. The van der Waals surface area contributed by atoms with Crippen molar-refractivity contribution in [3.8, 4) is 0 Å². The predicted octanol–water partition coefficient (Wildman–Crippen LogP) is 3.26. The molecule has 2 aromatic rings. The predicted molar refractivity (Wildman–Crippen MR) is 92.9 cm³/mol. The smallest absolute Gasteiger partial charge is 0.227 e. The van der Waals surface area contributed by atoms with Crippen LogP contribution in [0.2, 0.25) is 0 Å². The van der Waals surface area contributed by atoms with E-state index in [2.05, 4.69) is 37.1 Å². The number of aryl methyl sites for hydroxylation is 4. The van der Waals surface area contributed by atoms with Gasteiger partial charge >= 0.3 is 0 Å². The average molecular weight is 311 g/mol. The Hall–Kier alpha value is -2.10. The van der Waals surface area contributed by atoms with Gasteiger partial charge in [0.2, 0.25) is 5.91 Å². The molecule has 1 aliphatic heterocycles. The summed E-state index contributed by atoms with van der Waals surface area (Å²) in [6, 6.07) is 6.33. The molecule has 4 nitrogen and oxygen atoms in total. The van der Waals surface area contributed by atoms with Crippen LogP contribution in [0, 0.1) is 20.8 Å². The molecule has 0 spiro atoms. The maximum Gasteiger partial charge on any atom is 0.227 e. The van der Waals surface area contributed by atoms with Crippen molar-refractivity contribution in [3.63, 3.8) is 0 Å². The summed E-state index contributed by atoms with van der Waals surface area (Å²) >= 11 is 0. The molecule has 3 rings (SSSR count). The Morgan fingerprint density at radius 2 is 2.04 bits per heavy atom. The van der Waals surface area contributed by atoms with Gasteiger partial charge in [0.05, 0.1) is 5.69 Å². The molecule has 0 atom stereocenters. The van der Waals surface area contributed by atoms with E-state index in [-0.39, 0.29) is 5.91 Å². The van der Waals surface area contributed by atoms with Crippen LogP contribution in [0.15, 0.2) is 18.2 Å². The quantitative estimate of drug-likeness (QED) is 0.872. The van der Waals surface area contributed by atoms with Crippen molar-refractivity contribution in [3.05, 3.63) is 46.3 Å². The van der Waals surface area contributed by atoms with Gasteiger partial charge in [-0.05, 0) is 56.7 Å². The summed E-state index contributed by atoms with van der Waals surface area (Å²) in [5.74, 6) is 0.225. The monoisotopic (exact) mass is 311 g/mol. The summed E-state index contributed by atoms with van der Waals surface area (Å²) in [7, 11) is 1.96. The lowest BCUT2D eigenvalue weighted by molar-refractivity contribution is -0.118. The summed E-state index contributed by atoms with van der Waals surface area (Å²) in [4.78, 5) is 14.8. The molecule has 0 aliphatic carbocycles. The minimum absolute atomic E-state index is 0.225.